The molecule has 0 aromatic heterocycles. The molecule has 5 fully saturated rings. The monoisotopic (exact) mass is 516 g/mol. The summed E-state index contributed by atoms with van der Waals surface area (Å²) in [5.74, 6) is 1.89. The Labute approximate surface area is 225 Å². The fourth-order valence-electron chi connectivity index (χ4n) is 8.00. The third-order valence-corrected chi connectivity index (χ3v) is 9.40. The minimum atomic E-state index is -0.613. The highest BCUT2D eigenvalue weighted by Crippen LogP contribution is 2.60. The van der Waals surface area contributed by atoms with E-state index in [0.717, 1.165) is 50.8 Å². The molecule has 0 radical (unpaired) electrons. The zero-order valence-electron chi connectivity index (χ0n) is 22.5. The van der Waals surface area contributed by atoms with Gasteiger partial charge in [0.2, 0.25) is 5.91 Å². The summed E-state index contributed by atoms with van der Waals surface area (Å²) in [5, 5.41) is 7.38. The Balaban J connectivity index is 1.11. The van der Waals surface area contributed by atoms with Crippen molar-refractivity contribution < 1.29 is 14.3 Å². The second kappa shape index (κ2) is 10.7. The van der Waals surface area contributed by atoms with Crippen LogP contribution in [0.5, 0.6) is 0 Å². The third kappa shape index (κ3) is 5.18. The van der Waals surface area contributed by atoms with Crippen molar-refractivity contribution in [2.45, 2.75) is 64.3 Å². The average Bonchev–Trinajstić information content (AvgIpc) is 3.31. The van der Waals surface area contributed by atoms with Gasteiger partial charge in [0.15, 0.2) is 0 Å². The minimum absolute atomic E-state index is 0.0759. The second-order valence-electron chi connectivity index (χ2n) is 12.2. The standard InChI is InChI=1S/C31H40N4O3/c1-21(33-30(37)31-17-23-13-24(18-31)15-25(14-23)19-31)29(36)34-32-20-27-8-7-26(16-22-5-3-2-4-6-22)28(27)35-9-11-38-12-10-35/h2-6,16,20-21,23-25H,7-15,17-19H2,1H3,(H,33,37)(H,34,36). The van der Waals surface area contributed by atoms with E-state index in [-0.39, 0.29) is 17.2 Å². The van der Waals surface area contributed by atoms with Gasteiger partial charge in [-0.2, -0.15) is 5.10 Å². The van der Waals surface area contributed by atoms with Crippen LogP contribution in [0, 0.1) is 23.2 Å². The molecule has 38 heavy (non-hydrogen) atoms. The quantitative estimate of drug-likeness (QED) is 0.419. The number of benzene rings is 1. The van der Waals surface area contributed by atoms with Crippen LogP contribution in [0.1, 0.15) is 63.9 Å². The van der Waals surface area contributed by atoms with Crippen molar-refractivity contribution in [2.75, 3.05) is 26.3 Å². The van der Waals surface area contributed by atoms with E-state index in [0.29, 0.717) is 31.0 Å². The molecule has 4 bridgehead atoms. The van der Waals surface area contributed by atoms with Crippen molar-refractivity contribution in [3.63, 3.8) is 0 Å². The lowest BCUT2D eigenvalue weighted by atomic mass is 9.49. The Morgan fingerprint density at radius 1 is 1.03 bits per heavy atom. The van der Waals surface area contributed by atoms with Crippen LogP contribution in [0.25, 0.3) is 6.08 Å². The zero-order valence-corrected chi connectivity index (χ0v) is 22.5. The Kier molecular flexibility index (Phi) is 7.12. The first kappa shape index (κ1) is 25.4. The van der Waals surface area contributed by atoms with Gasteiger partial charge in [0, 0.05) is 24.2 Å². The molecule has 1 heterocycles. The van der Waals surface area contributed by atoms with E-state index in [9.17, 15) is 9.59 Å². The van der Waals surface area contributed by atoms with Gasteiger partial charge in [-0.25, -0.2) is 5.43 Å². The van der Waals surface area contributed by atoms with Crippen LogP contribution in [0.15, 0.2) is 52.3 Å². The van der Waals surface area contributed by atoms with E-state index in [2.05, 4.69) is 51.1 Å². The normalized spacial score (nSPS) is 32.3. The number of carbonyl (C=O) groups is 2. The summed E-state index contributed by atoms with van der Waals surface area (Å²) in [4.78, 5) is 28.6. The molecule has 1 aromatic rings. The molecular formula is C31H40N4O3. The lowest BCUT2D eigenvalue weighted by molar-refractivity contribution is -0.148. The maximum absolute atomic E-state index is 13.3. The van der Waals surface area contributed by atoms with E-state index in [4.69, 9.17) is 4.74 Å². The molecule has 7 heteroatoms. The molecule has 2 N–H and O–H groups in total. The molecule has 7 rings (SSSR count). The van der Waals surface area contributed by atoms with E-state index < -0.39 is 6.04 Å². The summed E-state index contributed by atoms with van der Waals surface area (Å²) in [6.45, 7) is 4.88. The summed E-state index contributed by atoms with van der Waals surface area (Å²) in [7, 11) is 0. The second-order valence-corrected chi connectivity index (χ2v) is 12.2. The third-order valence-electron chi connectivity index (χ3n) is 9.40. The average molecular weight is 517 g/mol. The molecule has 6 aliphatic rings. The van der Waals surface area contributed by atoms with Crippen molar-refractivity contribution in [3.05, 3.63) is 52.7 Å². The molecule has 1 saturated heterocycles. The Hall–Kier alpha value is -2.93. The smallest absolute Gasteiger partial charge is 0.262 e. The van der Waals surface area contributed by atoms with Crippen LogP contribution < -0.4 is 10.7 Å². The Morgan fingerprint density at radius 3 is 2.34 bits per heavy atom. The van der Waals surface area contributed by atoms with Crippen molar-refractivity contribution >= 4 is 24.1 Å². The predicted molar refractivity (Wildman–Crippen MR) is 148 cm³/mol. The van der Waals surface area contributed by atoms with Crippen LogP contribution in [0.4, 0.5) is 0 Å². The largest absolute Gasteiger partial charge is 0.378 e. The van der Waals surface area contributed by atoms with Crippen LogP contribution in [-0.2, 0) is 14.3 Å². The number of hydrogen-bond donors (Lipinski definition) is 2. The van der Waals surface area contributed by atoms with Gasteiger partial charge in [-0.05, 0) is 98.8 Å². The number of nitrogens with zero attached hydrogens (tertiary/aromatic N) is 2. The van der Waals surface area contributed by atoms with Gasteiger partial charge in [0.25, 0.3) is 5.91 Å². The molecule has 0 spiro atoms. The highest BCUT2D eigenvalue weighted by Gasteiger charge is 2.54. The minimum Gasteiger partial charge on any atom is -0.378 e. The highest BCUT2D eigenvalue weighted by molar-refractivity contribution is 5.91. The fourth-order valence-corrected chi connectivity index (χ4v) is 8.00. The van der Waals surface area contributed by atoms with Gasteiger partial charge in [-0.3, -0.25) is 9.59 Å². The van der Waals surface area contributed by atoms with E-state index in [1.54, 1.807) is 13.1 Å². The molecule has 202 valence electrons. The van der Waals surface area contributed by atoms with Gasteiger partial charge in [0.1, 0.15) is 6.04 Å². The lowest BCUT2D eigenvalue weighted by Crippen LogP contribution is -2.56. The van der Waals surface area contributed by atoms with Gasteiger partial charge < -0.3 is 15.0 Å². The molecule has 1 unspecified atom stereocenters. The number of morpholine rings is 1. The number of hydrazone groups is 1. The predicted octanol–water partition coefficient (Wildman–Crippen LogP) is 4.27. The van der Waals surface area contributed by atoms with Gasteiger partial charge in [0.05, 0.1) is 19.4 Å². The maximum atomic E-state index is 13.3. The first-order valence-corrected chi connectivity index (χ1v) is 14.4. The Morgan fingerprint density at radius 2 is 1.68 bits per heavy atom. The molecule has 1 atom stereocenters. The number of amides is 2. The van der Waals surface area contributed by atoms with E-state index >= 15 is 0 Å². The summed E-state index contributed by atoms with van der Waals surface area (Å²) < 4.78 is 5.59. The van der Waals surface area contributed by atoms with Crippen LogP contribution in [-0.4, -0.2) is 55.3 Å². The summed E-state index contributed by atoms with van der Waals surface area (Å²) in [5.41, 5.74) is 7.25. The molecule has 1 aromatic carbocycles. The number of ether oxygens (including phenoxy) is 1. The van der Waals surface area contributed by atoms with Crippen LogP contribution >= 0.6 is 0 Å². The highest BCUT2D eigenvalue weighted by atomic mass is 16.5. The van der Waals surface area contributed by atoms with E-state index in [1.807, 2.05) is 6.07 Å². The number of allylic oxidation sites excluding steroid dienone is 2. The first-order valence-electron chi connectivity index (χ1n) is 14.4. The summed E-state index contributed by atoms with van der Waals surface area (Å²) in [6, 6.07) is 9.77. The van der Waals surface area contributed by atoms with Crippen LogP contribution in [0.2, 0.25) is 0 Å². The fraction of sp³-hybridized carbons (Fsp3) is 0.581. The van der Waals surface area contributed by atoms with Crippen molar-refractivity contribution in [2.24, 2.45) is 28.3 Å². The van der Waals surface area contributed by atoms with E-state index in [1.165, 1.54) is 36.1 Å². The van der Waals surface area contributed by atoms with Crippen LogP contribution in [0.3, 0.4) is 0 Å². The van der Waals surface area contributed by atoms with Crippen molar-refractivity contribution in [1.29, 1.82) is 0 Å². The van der Waals surface area contributed by atoms with Gasteiger partial charge in [-0.1, -0.05) is 30.3 Å². The molecule has 1 aliphatic heterocycles. The topological polar surface area (TPSA) is 83.0 Å². The maximum Gasteiger partial charge on any atom is 0.262 e. The molecule has 5 aliphatic carbocycles. The number of carbonyl (C=O) groups excluding carboxylic acids is 2. The zero-order chi connectivity index (χ0) is 26.1. The summed E-state index contributed by atoms with van der Waals surface area (Å²) >= 11 is 0. The molecule has 2 amide bonds. The van der Waals surface area contributed by atoms with Crippen molar-refractivity contribution in [3.8, 4) is 0 Å². The molecule has 7 nitrogen and oxygen atoms in total. The Bertz CT molecular complexity index is 1110. The molecule has 4 saturated carbocycles. The number of rotatable bonds is 7. The first-order chi connectivity index (χ1) is 18.5. The molecular weight excluding hydrogens is 476 g/mol. The van der Waals surface area contributed by atoms with Gasteiger partial charge in [-0.15, -0.1) is 0 Å². The lowest BCUT2D eigenvalue weighted by Gasteiger charge is -2.55. The van der Waals surface area contributed by atoms with Gasteiger partial charge >= 0.3 is 0 Å². The number of nitrogens with one attached hydrogen (secondary N) is 2. The van der Waals surface area contributed by atoms with Crippen molar-refractivity contribution in [1.82, 2.24) is 15.6 Å². The summed E-state index contributed by atoms with van der Waals surface area (Å²) in [6.07, 6.45) is 12.7. The SMILES string of the molecule is CC(NC(=O)C12CC3CC(CC(C3)C1)C2)C(=O)NN=CC1=C(N2CCOCC2)C(=Cc2ccccc2)CC1. The number of hydrogen-bond acceptors (Lipinski definition) is 5.